The number of ether oxygens (including phenoxy) is 1. The van der Waals surface area contributed by atoms with Gasteiger partial charge in [-0.05, 0) is 100 Å². The summed E-state index contributed by atoms with van der Waals surface area (Å²) in [4.78, 5) is 89.6. The summed E-state index contributed by atoms with van der Waals surface area (Å²) in [6.07, 6.45) is 12.3. The molecule has 2 aliphatic carbocycles. The highest BCUT2D eigenvalue weighted by molar-refractivity contribution is 5.97. The molecule has 4 aromatic rings. The maximum atomic E-state index is 13.8. The van der Waals surface area contributed by atoms with Crippen molar-refractivity contribution in [2.75, 3.05) is 72.1 Å². The average Bonchev–Trinajstić information content (AvgIpc) is 3.95. The van der Waals surface area contributed by atoms with E-state index in [4.69, 9.17) is 4.74 Å². The molecule has 16 heteroatoms. The van der Waals surface area contributed by atoms with Crippen LogP contribution in [0.1, 0.15) is 87.5 Å². The lowest BCUT2D eigenvalue weighted by Crippen LogP contribution is -2.55. The van der Waals surface area contributed by atoms with Gasteiger partial charge in [0.15, 0.2) is 0 Å². The number of likely N-dealkylation sites (tertiary alicyclic amines) is 2. The molecule has 0 unspecified atom stereocenters. The molecule has 2 aliphatic heterocycles. The number of carbonyl (C=O) groups is 6. The number of aromatic amines is 2. The number of amides is 6. The summed E-state index contributed by atoms with van der Waals surface area (Å²) < 4.78 is 5.00. The Labute approximate surface area is 405 Å². The lowest BCUT2D eigenvalue weighted by Gasteiger charge is -2.47. The van der Waals surface area contributed by atoms with Crippen LogP contribution in [0.5, 0.6) is 0 Å². The fourth-order valence-electron chi connectivity index (χ4n) is 11.3. The van der Waals surface area contributed by atoms with Crippen LogP contribution in [0.2, 0.25) is 0 Å². The van der Waals surface area contributed by atoms with Gasteiger partial charge in [0.05, 0.1) is 25.0 Å². The summed E-state index contributed by atoms with van der Waals surface area (Å²) in [5, 5.41) is 11.2. The largest absolute Gasteiger partial charge is 0.466 e. The van der Waals surface area contributed by atoms with Crippen LogP contribution in [0.25, 0.3) is 21.8 Å². The first kappa shape index (κ1) is 50.8. The maximum absolute atomic E-state index is 13.8. The highest BCUT2D eigenvalue weighted by atomic mass is 16.5. The summed E-state index contributed by atoms with van der Waals surface area (Å²) in [5.74, 6) is -0.771. The summed E-state index contributed by atoms with van der Waals surface area (Å²) in [7, 11) is 0. The number of benzene rings is 2. The lowest BCUT2D eigenvalue weighted by atomic mass is 9.72. The molecule has 2 aromatic carbocycles. The first-order valence-corrected chi connectivity index (χ1v) is 24.8. The third-order valence-electron chi connectivity index (χ3n) is 14.2. The second-order valence-corrected chi connectivity index (χ2v) is 18.9. The molecule has 0 spiro atoms. The molecule has 69 heavy (non-hydrogen) atoms. The average molecular weight is 946 g/mol. The minimum atomic E-state index is -0.397. The first-order chi connectivity index (χ1) is 33.4. The van der Waals surface area contributed by atoms with Crippen LogP contribution >= 0.6 is 0 Å². The number of rotatable bonds is 18. The number of ketones is 1. The van der Waals surface area contributed by atoms with Crippen molar-refractivity contribution in [1.82, 2.24) is 45.5 Å². The predicted molar refractivity (Wildman–Crippen MR) is 268 cm³/mol. The van der Waals surface area contributed by atoms with Gasteiger partial charge in [-0.25, -0.2) is 9.59 Å². The summed E-state index contributed by atoms with van der Waals surface area (Å²) >= 11 is 0. The molecule has 0 bridgehead atoms. The van der Waals surface area contributed by atoms with Crippen molar-refractivity contribution < 1.29 is 33.5 Å². The Hall–Kier alpha value is -6.10. The molecule has 6 atom stereocenters. The number of urea groups is 2. The van der Waals surface area contributed by atoms with Gasteiger partial charge in [0.2, 0.25) is 11.8 Å². The molecule has 4 heterocycles. The van der Waals surface area contributed by atoms with Gasteiger partial charge < -0.3 is 30.7 Å². The van der Waals surface area contributed by atoms with Crippen LogP contribution in [0.3, 0.4) is 0 Å². The zero-order chi connectivity index (χ0) is 49.2. The first-order valence-electron chi connectivity index (χ1n) is 24.8. The van der Waals surface area contributed by atoms with Crippen molar-refractivity contribution >= 4 is 57.4 Å². The van der Waals surface area contributed by atoms with Gasteiger partial charge >= 0.3 is 18.0 Å². The smallest absolute Gasteiger partial charge is 0.324 e. The Kier molecular flexibility index (Phi) is 17.3. The number of Topliss-reactive ketones (excluding diaryl/α,β-unsaturated/α-hetero) is 1. The number of nitrogens with zero attached hydrogens (tertiary/aromatic N) is 4. The quantitative estimate of drug-likeness (QED) is 0.0449. The van der Waals surface area contributed by atoms with E-state index in [1.165, 1.54) is 56.7 Å². The molecule has 16 nitrogen and oxygen atoms in total. The standard InChI is InChI=1S/C27H37N5O3.C26H34N4O4/c1-4-11-31-17-20(26(34)32(27(35)29-5-2)12-7-10-28-15-18(3)33)13-22-21-8-6-9-23-25(21)19(16-30-23)14-24(22)31;1-4-10-29-16-19(25(32)30(26(33)27-5-2)11-7-12-34-17(3)31)13-21-20-8-6-9-22-24(20)18(15-28-22)14-23(21)29/h4,6,8-9,16,20,22,24,28,30H,1,5,7,10-15,17H2,2-3H3,(H,29,35);4,6,8-9,15,19,21,23,28H,1,5,7,10-14,16H2,2-3H3,(H,27,33)/t20-,22-,24-;19-,21-,23-/m11/s1. The van der Waals surface area contributed by atoms with Crippen molar-refractivity contribution in [3.63, 3.8) is 0 Å². The minimum Gasteiger partial charge on any atom is -0.466 e. The van der Waals surface area contributed by atoms with Gasteiger partial charge in [-0.3, -0.25) is 38.8 Å². The summed E-state index contributed by atoms with van der Waals surface area (Å²) in [5.41, 5.74) is 7.49. The number of nitrogens with one attached hydrogen (secondary N) is 5. The molecule has 8 rings (SSSR count). The molecule has 5 N–H and O–H groups in total. The van der Waals surface area contributed by atoms with Gasteiger partial charge in [-0.2, -0.15) is 0 Å². The zero-order valence-electron chi connectivity index (χ0n) is 40.8. The van der Waals surface area contributed by atoms with Gasteiger partial charge in [0.25, 0.3) is 0 Å². The Bertz CT molecular complexity index is 2510. The van der Waals surface area contributed by atoms with Gasteiger partial charge in [0.1, 0.15) is 5.78 Å². The monoisotopic (exact) mass is 946 g/mol. The highest BCUT2D eigenvalue weighted by Gasteiger charge is 2.45. The second-order valence-electron chi connectivity index (χ2n) is 18.9. The zero-order valence-corrected chi connectivity index (χ0v) is 40.8. The van der Waals surface area contributed by atoms with Crippen molar-refractivity contribution in [2.24, 2.45) is 11.8 Å². The van der Waals surface area contributed by atoms with Crippen LogP contribution in [0.15, 0.2) is 74.1 Å². The Morgan fingerprint density at radius 2 is 1.20 bits per heavy atom. The SMILES string of the molecule is C=CCN1C[C@H](C(=O)N(CCCNCC(C)=O)C(=O)NCC)C[C@@H]2c3cccc4[nH]cc(c34)C[C@H]21.C=CCN1C[C@H](C(=O)N(CCCOC(C)=O)C(=O)NCC)C[C@@H]2c3cccc4[nH]cc(c34)C[C@H]21. The Morgan fingerprint density at radius 3 is 1.64 bits per heavy atom. The number of hydrogen-bond donors (Lipinski definition) is 5. The fourth-order valence-corrected chi connectivity index (χ4v) is 11.3. The van der Waals surface area contributed by atoms with E-state index in [1.54, 1.807) is 0 Å². The molecule has 0 radical (unpaired) electrons. The number of fused-ring (bicyclic) bond motifs is 4. The fraction of sp³-hybridized carbons (Fsp3) is 0.509. The topological polar surface area (TPSA) is 192 Å². The van der Waals surface area contributed by atoms with Crippen molar-refractivity contribution in [3.05, 3.63) is 96.4 Å². The molecule has 2 fully saturated rings. The lowest BCUT2D eigenvalue weighted by molar-refractivity contribution is -0.141. The van der Waals surface area contributed by atoms with Crippen LogP contribution in [0.4, 0.5) is 9.59 Å². The van der Waals surface area contributed by atoms with E-state index in [1.807, 2.05) is 26.0 Å². The molecular formula is C53H71N9O7. The molecule has 6 amide bonds. The Morgan fingerprint density at radius 1 is 0.725 bits per heavy atom. The van der Waals surface area contributed by atoms with E-state index >= 15 is 0 Å². The number of aromatic nitrogens is 2. The summed E-state index contributed by atoms with van der Waals surface area (Å²) in [6, 6.07) is 12.6. The predicted octanol–water partition coefficient (Wildman–Crippen LogP) is 6.01. The number of esters is 1. The van der Waals surface area contributed by atoms with E-state index in [0.717, 1.165) is 30.3 Å². The molecule has 370 valence electrons. The molecule has 0 saturated carbocycles. The van der Waals surface area contributed by atoms with Crippen LogP contribution in [0, 0.1) is 11.8 Å². The maximum Gasteiger partial charge on any atom is 0.324 e. The third kappa shape index (κ3) is 11.5. The Balaban J connectivity index is 0.000000204. The molecule has 2 saturated heterocycles. The van der Waals surface area contributed by atoms with Crippen molar-refractivity contribution in [1.29, 1.82) is 0 Å². The van der Waals surface area contributed by atoms with Gasteiger partial charge in [-0.15, -0.1) is 13.2 Å². The second kappa shape index (κ2) is 23.5. The number of H-pyrrole nitrogens is 2. The van der Waals surface area contributed by atoms with Gasteiger partial charge in [-0.1, -0.05) is 36.4 Å². The highest BCUT2D eigenvalue weighted by Crippen LogP contribution is 2.46. The van der Waals surface area contributed by atoms with Gasteiger partial charge in [0, 0.05) is 117 Å². The van der Waals surface area contributed by atoms with E-state index in [0.29, 0.717) is 84.2 Å². The van der Waals surface area contributed by atoms with Crippen LogP contribution < -0.4 is 16.0 Å². The number of hydrogen-bond acceptors (Lipinski definition) is 10. The van der Waals surface area contributed by atoms with Crippen LogP contribution in [-0.2, 0) is 36.8 Å². The summed E-state index contributed by atoms with van der Waals surface area (Å²) in [6.45, 7) is 19.5. The van der Waals surface area contributed by atoms with E-state index < -0.39 is 6.03 Å². The molecule has 4 aliphatic rings. The van der Waals surface area contributed by atoms with E-state index in [-0.39, 0.29) is 72.5 Å². The number of carbonyl (C=O) groups excluding carboxylic acids is 6. The minimum absolute atomic E-state index is 0.0637. The molecule has 2 aromatic heterocycles. The number of imide groups is 2. The van der Waals surface area contributed by atoms with E-state index in [2.05, 4.69) is 97.7 Å². The van der Waals surface area contributed by atoms with Crippen LogP contribution in [-0.4, -0.2) is 149 Å². The third-order valence-corrected chi connectivity index (χ3v) is 14.2. The molecular weight excluding hydrogens is 875 g/mol. The normalized spacial score (nSPS) is 21.4. The number of piperidine rings is 2. The van der Waals surface area contributed by atoms with E-state index in [9.17, 15) is 28.8 Å². The van der Waals surface area contributed by atoms with Crippen molar-refractivity contribution in [2.45, 2.75) is 90.1 Å². The van der Waals surface area contributed by atoms with Crippen molar-refractivity contribution in [3.8, 4) is 0 Å².